The Balaban J connectivity index is 2.52. The van der Waals surface area contributed by atoms with Crippen molar-refractivity contribution in [1.82, 2.24) is 0 Å². The zero-order chi connectivity index (χ0) is 13.4. The quantitative estimate of drug-likeness (QED) is 0.663. The number of β-amino-alcohol motifs (C(OH)–C–C–N with tert-alkyl or cyclic N) is 1. The maximum Gasteiger partial charge on any atom is 0.294 e. The molecule has 1 atom stereocenters. The van der Waals surface area contributed by atoms with Gasteiger partial charge in [0, 0.05) is 12.1 Å². The van der Waals surface area contributed by atoms with Gasteiger partial charge in [-0.2, -0.15) is 0 Å². The van der Waals surface area contributed by atoms with Gasteiger partial charge in [-0.15, -0.1) is 0 Å². The third kappa shape index (κ3) is 2.21. The lowest BCUT2D eigenvalue weighted by Gasteiger charge is -2.16. The molecule has 96 valence electrons. The largest absolute Gasteiger partial charge is 0.391 e. The first kappa shape index (κ1) is 12.9. The second kappa shape index (κ2) is 4.62. The molecule has 0 bridgehead atoms. The molecule has 1 fully saturated rings. The molecule has 1 aliphatic heterocycles. The molecule has 8 heteroatoms. The molecule has 0 aromatic heterocycles. The Bertz CT molecular complexity index is 537. The van der Waals surface area contributed by atoms with E-state index in [0.717, 1.165) is 17.0 Å². The number of hydrogen-bond acceptors (Lipinski definition) is 4. The molecule has 0 spiro atoms. The van der Waals surface area contributed by atoms with E-state index >= 15 is 0 Å². The number of nitro groups is 1. The molecule has 1 aromatic rings. The van der Waals surface area contributed by atoms with Crippen molar-refractivity contribution < 1.29 is 19.2 Å². The summed E-state index contributed by atoms with van der Waals surface area (Å²) in [7, 11) is 0. The maximum absolute atomic E-state index is 13.4. The number of anilines is 1. The lowest BCUT2D eigenvalue weighted by atomic mass is 10.2. The van der Waals surface area contributed by atoms with Gasteiger partial charge in [0.25, 0.3) is 5.69 Å². The smallest absolute Gasteiger partial charge is 0.294 e. The van der Waals surface area contributed by atoms with E-state index in [1.165, 1.54) is 0 Å². The first-order valence-electron chi connectivity index (χ1n) is 5.02. The number of aliphatic hydroxyl groups is 1. The summed E-state index contributed by atoms with van der Waals surface area (Å²) in [5.74, 6) is -1.17. The number of amides is 1. The average Bonchev–Trinajstić information content (AvgIpc) is 2.61. The standard InChI is InChI=1S/C10H8BrFN2O4/c11-6-2-9(14(17)18)8(3-7(6)12)13-4-5(15)1-10(13)16/h2-3,5,15H,1,4H2. The van der Waals surface area contributed by atoms with Gasteiger partial charge in [-0.05, 0) is 15.9 Å². The van der Waals surface area contributed by atoms with Crippen LogP contribution in [0.1, 0.15) is 6.42 Å². The van der Waals surface area contributed by atoms with Crippen molar-refractivity contribution in [3.63, 3.8) is 0 Å². The van der Waals surface area contributed by atoms with Crippen LogP contribution in [0.15, 0.2) is 16.6 Å². The molecule has 1 amide bonds. The van der Waals surface area contributed by atoms with E-state index < -0.39 is 22.8 Å². The molecule has 6 nitrogen and oxygen atoms in total. The fourth-order valence-electron chi connectivity index (χ4n) is 1.81. The minimum Gasteiger partial charge on any atom is -0.391 e. The van der Waals surface area contributed by atoms with Gasteiger partial charge >= 0.3 is 0 Å². The molecule has 1 aromatic carbocycles. The van der Waals surface area contributed by atoms with Crippen LogP contribution in [-0.2, 0) is 4.79 Å². The van der Waals surface area contributed by atoms with Crippen LogP contribution >= 0.6 is 15.9 Å². The predicted octanol–water partition coefficient (Wildman–Crippen LogP) is 1.59. The van der Waals surface area contributed by atoms with Crippen molar-refractivity contribution in [2.75, 3.05) is 11.4 Å². The molecule has 1 unspecified atom stereocenters. The molecule has 0 radical (unpaired) electrons. The van der Waals surface area contributed by atoms with Gasteiger partial charge in [0.1, 0.15) is 11.5 Å². The van der Waals surface area contributed by atoms with Crippen LogP contribution in [0.5, 0.6) is 0 Å². The van der Waals surface area contributed by atoms with Crippen LogP contribution in [0.2, 0.25) is 0 Å². The van der Waals surface area contributed by atoms with Crippen molar-refractivity contribution >= 4 is 33.2 Å². The normalized spacial score (nSPS) is 19.4. The van der Waals surface area contributed by atoms with Crippen molar-refractivity contribution in [2.45, 2.75) is 12.5 Å². The van der Waals surface area contributed by atoms with Crippen LogP contribution in [0.4, 0.5) is 15.8 Å². The van der Waals surface area contributed by atoms with E-state index in [1.807, 2.05) is 0 Å². The first-order chi connectivity index (χ1) is 8.40. The Kier molecular flexibility index (Phi) is 3.31. The van der Waals surface area contributed by atoms with E-state index in [-0.39, 0.29) is 28.8 Å². The molecule has 1 saturated heterocycles. The second-order valence-corrected chi connectivity index (χ2v) is 4.73. The monoisotopic (exact) mass is 318 g/mol. The van der Waals surface area contributed by atoms with Gasteiger partial charge in [-0.3, -0.25) is 14.9 Å². The number of hydrogen-bond donors (Lipinski definition) is 1. The number of benzene rings is 1. The minimum atomic E-state index is -0.885. The van der Waals surface area contributed by atoms with Crippen LogP contribution in [0, 0.1) is 15.9 Å². The SMILES string of the molecule is O=C1CC(O)CN1c1cc(F)c(Br)cc1[N+](=O)[O-]. The number of rotatable bonds is 2. The van der Waals surface area contributed by atoms with Gasteiger partial charge in [-0.1, -0.05) is 0 Å². The molecule has 2 rings (SSSR count). The molecule has 0 saturated carbocycles. The summed E-state index contributed by atoms with van der Waals surface area (Å²) in [5.41, 5.74) is -0.520. The number of aliphatic hydroxyl groups excluding tert-OH is 1. The van der Waals surface area contributed by atoms with Crippen LogP contribution in [0.25, 0.3) is 0 Å². The van der Waals surface area contributed by atoms with Gasteiger partial charge < -0.3 is 10.0 Å². The van der Waals surface area contributed by atoms with Gasteiger partial charge in [0.15, 0.2) is 0 Å². The van der Waals surface area contributed by atoms with Crippen molar-refractivity contribution in [2.24, 2.45) is 0 Å². The van der Waals surface area contributed by atoms with E-state index in [9.17, 15) is 24.4 Å². The summed E-state index contributed by atoms with van der Waals surface area (Å²) in [6.45, 7) is -0.0687. The lowest BCUT2D eigenvalue weighted by molar-refractivity contribution is -0.384. The fraction of sp³-hybridized carbons (Fsp3) is 0.300. The molecule has 1 heterocycles. The molecule has 1 N–H and O–H groups in total. The predicted molar refractivity (Wildman–Crippen MR) is 63.7 cm³/mol. The van der Waals surface area contributed by atoms with Gasteiger partial charge in [0.05, 0.1) is 28.5 Å². The average molecular weight is 319 g/mol. The van der Waals surface area contributed by atoms with Crippen LogP contribution in [0.3, 0.4) is 0 Å². The minimum absolute atomic E-state index is 0.0508. The third-order valence-corrected chi connectivity index (χ3v) is 3.22. The number of halogens is 2. The third-order valence-electron chi connectivity index (χ3n) is 2.61. The second-order valence-electron chi connectivity index (χ2n) is 3.87. The van der Waals surface area contributed by atoms with Crippen molar-refractivity contribution in [3.8, 4) is 0 Å². The lowest BCUT2D eigenvalue weighted by Crippen LogP contribution is -2.26. The van der Waals surface area contributed by atoms with Gasteiger partial charge in [0.2, 0.25) is 5.91 Å². The summed E-state index contributed by atoms with van der Waals surface area (Å²) in [4.78, 5) is 22.8. The van der Waals surface area contributed by atoms with E-state index in [2.05, 4.69) is 15.9 Å². The topological polar surface area (TPSA) is 83.7 Å². The Hall–Kier alpha value is -1.54. The van der Waals surface area contributed by atoms with Gasteiger partial charge in [-0.25, -0.2) is 4.39 Å². The summed E-state index contributed by atoms with van der Waals surface area (Å²) >= 11 is 2.85. The highest BCUT2D eigenvalue weighted by atomic mass is 79.9. The zero-order valence-corrected chi connectivity index (χ0v) is 10.6. The Labute approximate surface area is 109 Å². The molecular weight excluding hydrogens is 311 g/mol. The van der Waals surface area contributed by atoms with Crippen LogP contribution in [-0.4, -0.2) is 28.6 Å². The Morgan fingerprint density at radius 3 is 2.72 bits per heavy atom. The van der Waals surface area contributed by atoms with Crippen molar-refractivity contribution in [1.29, 1.82) is 0 Å². The van der Waals surface area contributed by atoms with Crippen molar-refractivity contribution in [3.05, 3.63) is 32.5 Å². The number of nitrogens with zero attached hydrogens (tertiary/aromatic N) is 2. The molecule has 1 aliphatic rings. The summed E-state index contributed by atoms with van der Waals surface area (Å²) in [6.07, 6.45) is -1.00. The molecular formula is C10H8BrFN2O4. The van der Waals surface area contributed by atoms with E-state index in [0.29, 0.717) is 0 Å². The van der Waals surface area contributed by atoms with E-state index in [4.69, 9.17) is 0 Å². The highest BCUT2D eigenvalue weighted by molar-refractivity contribution is 9.10. The highest BCUT2D eigenvalue weighted by Crippen LogP contribution is 2.35. The fourth-order valence-corrected chi connectivity index (χ4v) is 2.14. The summed E-state index contributed by atoms with van der Waals surface area (Å²) in [5, 5.41) is 20.2. The number of carbonyl (C=O) groups excluding carboxylic acids is 1. The summed E-state index contributed by atoms with van der Waals surface area (Å²) < 4.78 is 13.4. The van der Waals surface area contributed by atoms with Crippen LogP contribution < -0.4 is 4.90 Å². The maximum atomic E-state index is 13.4. The first-order valence-corrected chi connectivity index (χ1v) is 5.81. The number of nitro benzene ring substituents is 1. The Morgan fingerprint density at radius 2 is 2.22 bits per heavy atom. The number of carbonyl (C=O) groups is 1. The molecule has 18 heavy (non-hydrogen) atoms. The van der Waals surface area contributed by atoms with E-state index in [1.54, 1.807) is 0 Å². The molecule has 0 aliphatic carbocycles. The Morgan fingerprint density at radius 1 is 1.56 bits per heavy atom. The summed E-state index contributed by atoms with van der Waals surface area (Å²) in [6, 6.07) is 1.92. The zero-order valence-electron chi connectivity index (χ0n) is 8.97. The highest BCUT2D eigenvalue weighted by Gasteiger charge is 2.34.